The topological polar surface area (TPSA) is 32.9 Å². The summed E-state index contributed by atoms with van der Waals surface area (Å²) in [6.45, 7) is 6.08. The van der Waals surface area contributed by atoms with Gasteiger partial charge in [0.25, 0.3) is 0 Å². The molecule has 0 spiro atoms. The Balaban J connectivity index is 0.000000531. The number of benzene rings is 1. The lowest BCUT2D eigenvalue weighted by Crippen LogP contribution is -2.00. The van der Waals surface area contributed by atoms with Crippen LogP contribution < -0.4 is 5.43 Å². The predicted molar refractivity (Wildman–Crippen MR) is 65.3 cm³/mol. The molecule has 1 aromatic carbocycles. The van der Waals surface area contributed by atoms with Crippen LogP contribution in [0.4, 0.5) is 0 Å². The van der Waals surface area contributed by atoms with Crippen LogP contribution in [0.5, 0.6) is 0 Å². The Hall–Kier alpha value is -1.57. The van der Waals surface area contributed by atoms with Crippen molar-refractivity contribution in [1.29, 1.82) is 0 Å². The molecule has 1 aromatic heterocycles. The molecule has 0 radical (unpaired) electrons. The Morgan fingerprint density at radius 1 is 1.20 bits per heavy atom. The number of nitrogens with one attached hydrogen (secondary N) is 1. The van der Waals surface area contributed by atoms with Gasteiger partial charge in [-0.2, -0.15) is 0 Å². The zero-order valence-corrected chi connectivity index (χ0v) is 9.50. The summed E-state index contributed by atoms with van der Waals surface area (Å²) in [5.41, 5.74) is 2.19. The number of H-pyrrole nitrogens is 1. The van der Waals surface area contributed by atoms with E-state index in [-0.39, 0.29) is 5.43 Å². The van der Waals surface area contributed by atoms with Gasteiger partial charge in [-0.15, -0.1) is 0 Å². The average molecular weight is 203 g/mol. The summed E-state index contributed by atoms with van der Waals surface area (Å²) in [6, 6.07) is 7.50. The molecule has 80 valence electrons. The molecule has 2 rings (SSSR count). The van der Waals surface area contributed by atoms with Gasteiger partial charge in [-0.25, -0.2) is 0 Å². The maximum atomic E-state index is 11.4. The monoisotopic (exact) mass is 203 g/mol. The highest BCUT2D eigenvalue weighted by molar-refractivity contribution is 5.78. The minimum absolute atomic E-state index is 0.0871. The highest BCUT2D eigenvalue weighted by Crippen LogP contribution is 2.09. The summed E-state index contributed by atoms with van der Waals surface area (Å²) in [7, 11) is 0. The summed E-state index contributed by atoms with van der Waals surface area (Å²) in [5, 5.41) is 0.779. The molecule has 0 fully saturated rings. The number of aromatic nitrogens is 1. The number of aryl methyl sites for hydroxylation is 1. The molecule has 2 nitrogen and oxygen atoms in total. The van der Waals surface area contributed by atoms with Gasteiger partial charge in [-0.05, 0) is 24.1 Å². The van der Waals surface area contributed by atoms with Crippen LogP contribution in [0.25, 0.3) is 10.9 Å². The molecular formula is C13H17NO. The zero-order valence-electron chi connectivity index (χ0n) is 9.50. The van der Waals surface area contributed by atoms with Crippen molar-refractivity contribution in [3.8, 4) is 0 Å². The minimum Gasteiger partial charge on any atom is -0.361 e. The van der Waals surface area contributed by atoms with E-state index in [0.29, 0.717) is 0 Å². The van der Waals surface area contributed by atoms with E-state index in [4.69, 9.17) is 0 Å². The largest absolute Gasteiger partial charge is 0.361 e. The molecule has 1 heterocycles. The normalized spacial score (nSPS) is 9.53. The first-order valence-corrected chi connectivity index (χ1v) is 5.41. The highest BCUT2D eigenvalue weighted by Gasteiger charge is 1.97. The first kappa shape index (κ1) is 11.5. The molecule has 0 aliphatic rings. The van der Waals surface area contributed by atoms with E-state index in [0.717, 1.165) is 17.3 Å². The van der Waals surface area contributed by atoms with E-state index in [1.54, 1.807) is 12.3 Å². The van der Waals surface area contributed by atoms with Crippen LogP contribution in [0.1, 0.15) is 26.3 Å². The Morgan fingerprint density at radius 3 is 2.60 bits per heavy atom. The second kappa shape index (κ2) is 5.35. The van der Waals surface area contributed by atoms with E-state index >= 15 is 0 Å². The van der Waals surface area contributed by atoms with Crippen LogP contribution in [-0.4, -0.2) is 4.98 Å². The zero-order chi connectivity index (χ0) is 11.3. The van der Waals surface area contributed by atoms with Gasteiger partial charge in [0.1, 0.15) is 0 Å². The van der Waals surface area contributed by atoms with Gasteiger partial charge in [0, 0.05) is 23.2 Å². The second-order valence-corrected chi connectivity index (χ2v) is 3.08. The van der Waals surface area contributed by atoms with Gasteiger partial charge in [0.15, 0.2) is 5.43 Å². The van der Waals surface area contributed by atoms with Crippen molar-refractivity contribution >= 4 is 10.9 Å². The highest BCUT2D eigenvalue weighted by atomic mass is 16.1. The van der Waals surface area contributed by atoms with Crippen molar-refractivity contribution in [2.45, 2.75) is 27.2 Å². The van der Waals surface area contributed by atoms with Crippen molar-refractivity contribution in [2.24, 2.45) is 0 Å². The van der Waals surface area contributed by atoms with Crippen molar-refractivity contribution in [3.63, 3.8) is 0 Å². The number of hydrogen-bond donors (Lipinski definition) is 1. The molecule has 0 aliphatic carbocycles. The number of hydrogen-bond acceptors (Lipinski definition) is 1. The van der Waals surface area contributed by atoms with Crippen molar-refractivity contribution in [3.05, 3.63) is 46.2 Å². The molecule has 0 amide bonds. The van der Waals surface area contributed by atoms with E-state index in [1.807, 2.05) is 32.0 Å². The van der Waals surface area contributed by atoms with Gasteiger partial charge in [-0.1, -0.05) is 26.8 Å². The third-order valence-corrected chi connectivity index (χ3v) is 2.23. The molecule has 0 saturated carbocycles. The van der Waals surface area contributed by atoms with E-state index in [9.17, 15) is 4.79 Å². The Kier molecular flexibility index (Phi) is 4.10. The summed E-state index contributed by atoms with van der Waals surface area (Å²) in [4.78, 5) is 14.5. The Bertz CT molecular complexity index is 485. The maximum Gasteiger partial charge on any atom is 0.189 e. The second-order valence-electron chi connectivity index (χ2n) is 3.08. The first-order valence-electron chi connectivity index (χ1n) is 5.41. The van der Waals surface area contributed by atoms with Gasteiger partial charge >= 0.3 is 0 Å². The SMILES string of the molecule is CC.CCc1ccc2[nH]ccc(=O)c2c1. The van der Waals surface area contributed by atoms with Gasteiger partial charge < -0.3 is 4.98 Å². The fourth-order valence-electron chi connectivity index (χ4n) is 1.44. The van der Waals surface area contributed by atoms with Crippen LogP contribution in [0.3, 0.4) is 0 Å². The van der Waals surface area contributed by atoms with Crippen molar-refractivity contribution < 1.29 is 0 Å². The standard InChI is InChI=1S/C11H11NO.C2H6/c1-2-8-3-4-10-9(7-8)11(13)5-6-12-10;1-2/h3-7H,2H2,1H3,(H,12,13);1-2H3. The molecule has 2 heteroatoms. The Morgan fingerprint density at radius 2 is 1.93 bits per heavy atom. The fourth-order valence-corrected chi connectivity index (χ4v) is 1.44. The van der Waals surface area contributed by atoms with Gasteiger partial charge in [-0.3, -0.25) is 4.79 Å². The summed E-state index contributed by atoms with van der Waals surface area (Å²) in [5.74, 6) is 0. The third kappa shape index (κ3) is 2.46. The number of fused-ring (bicyclic) bond motifs is 1. The minimum atomic E-state index is 0.0871. The molecule has 1 N–H and O–H groups in total. The molecule has 15 heavy (non-hydrogen) atoms. The average Bonchev–Trinajstić information content (AvgIpc) is 2.32. The summed E-state index contributed by atoms with van der Waals surface area (Å²) >= 11 is 0. The van der Waals surface area contributed by atoms with Crippen LogP contribution >= 0.6 is 0 Å². The first-order chi connectivity index (χ1) is 7.31. The number of pyridine rings is 1. The lowest BCUT2D eigenvalue weighted by molar-refractivity contribution is 1.14. The molecule has 0 unspecified atom stereocenters. The van der Waals surface area contributed by atoms with Crippen molar-refractivity contribution in [2.75, 3.05) is 0 Å². The molecule has 2 aromatic rings. The number of aromatic amines is 1. The third-order valence-electron chi connectivity index (χ3n) is 2.23. The van der Waals surface area contributed by atoms with E-state index < -0.39 is 0 Å². The molecule has 0 saturated heterocycles. The summed E-state index contributed by atoms with van der Waals surface area (Å²) in [6.07, 6.45) is 2.64. The molecule has 0 atom stereocenters. The van der Waals surface area contributed by atoms with Gasteiger partial charge in [0.05, 0.1) is 0 Å². The predicted octanol–water partition coefficient (Wildman–Crippen LogP) is 3.12. The Labute approximate surface area is 90.0 Å². The lowest BCUT2D eigenvalue weighted by atomic mass is 10.1. The van der Waals surface area contributed by atoms with E-state index in [1.165, 1.54) is 5.56 Å². The van der Waals surface area contributed by atoms with E-state index in [2.05, 4.69) is 11.9 Å². The van der Waals surface area contributed by atoms with Crippen LogP contribution in [0.15, 0.2) is 35.3 Å². The molecule has 0 bridgehead atoms. The molecule has 0 aliphatic heterocycles. The quantitative estimate of drug-likeness (QED) is 0.759. The number of rotatable bonds is 1. The van der Waals surface area contributed by atoms with Crippen LogP contribution in [0.2, 0.25) is 0 Å². The van der Waals surface area contributed by atoms with Gasteiger partial charge in [0.2, 0.25) is 0 Å². The van der Waals surface area contributed by atoms with Crippen molar-refractivity contribution in [1.82, 2.24) is 4.98 Å². The molecular weight excluding hydrogens is 186 g/mol. The van der Waals surface area contributed by atoms with Crippen LogP contribution in [0, 0.1) is 0 Å². The fraction of sp³-hybridized carbons (Fsp3) is 0.308. The maximum absolute atomic E-state index is 11.4. The smallest absolute Gasteiger partial charge is 0.189 e. The summed E-state index contributed by atoms with van der Waals surface area (Å²) < 4.78 is 0. The lowest BCUT2D eigenvalue weighted by Gasteiger charge is -1.99. The van der Waals surface area contributed by atoms with Crippen LogP contribution in [-0.2, 0) is 6.42 Å².